The molecule has 2 heterocycles. The fourth-order valence-electron chi connectivity index (χ4n) is 3.35. The van der Waals surface area contributed by atoms with Gasteiger partial charge in [-0.05, 0) is 23.3 Å². The minimum Gasteiger partial charge on any atom is -0.279 e. The van der Waals surface area contributed by atoms with Crippen molar-refractivity contribution in [2.45, 2.75) is 13.8 Å². The lowest BCUT2D eigenvalue weighted by Gasteiger charge is -2.33. The molecule has 3 aromatic rings. The van der Waals surface area contributed by atoms with Crippen LogP contribution in [0.15, 0.2) is 54.7 Å². The average Bonchev–Trinajstić information content (AvgIpc) is 3.12. The highest BCUT2D eigenvalue weighted by Crippen LogP contribution is 2.28. The number of carbonyl (C=O) groups excluding carboxylic acids is 2. The smallest absolute Gasteiger partial charge is 0.238 e. The third-order valence-electron chi connectivity index (χ3n) is 4.81. The number of fused-ring (bicyclic) bond motifs is 1. The molecule has 4 rings (SSSR count). The maximum Gasteiger partial charge on any atom is 0.238 e. The summed E-state index contributed by atoms with van der Waals surface area (Å²) in [6.07, 6.45) is 1.76. The van der Waals surface area contributed by atoms with Gasteiger partial charge in [-0.1, -0.05) is 36.4 Å². The molecule has 0 aliphatic carbocycles. The van der Waals surface area contributed by atoms with Gasteiger partial charge in [-0.3, -0.25) is 14.5 Å². The highest BCUT2D eigenvalue weighted by molar-refractivity contribution is 5.93. The Morgan fingerprint density at radius 1 is 0.857 bits per heavy atom. The number of benzene rings is 2. The zero-order valence-electron chi connectivity index (χ0n) is 15.6. The second-order valence-corrected chi connectivity index (χ2v) is 6.67. The quantitative estimate of drug-likeness (QED) is 0.688. The van der Waals surface area contributed by atoms with Crippen molar-refractivity contribution in [1.29, 1.82) is 0 Å². The minimum atomic E-state index is -0.269. The number of aromatic nitrogens is 2. The maximum atomic E-state index is 13.1. The number of amides is 2. The highest BCUT2D eigenvalue weighted by atomic mass is 19.1. The van der Waals surface area contributed by atoms with E-state index < -0.39 is 0 Å². The number of hydrogen-bond acceptors (Lipinski definition) is 3. The van der Waals surface area contributed by atoms with Gasteiger partial charge in [0.2, 0.25) is 17.8 Å². The summed E-state index contributed by atoms with van der Waals surface area (Å²) in [6.45, 7) is 3.81. The first kappa shape index (κ1) is 17.9. The molecule has 0 radical (unpaired) electrons. The summed E-state index contributed by atoms with van der Waals surface area (Å²) in [7, 11) is 0. The Kier molecular flexibility index (Phi) is 4.43. The number of imidazole rings is 1. The molecule has 0 saturated heterocycles. The van der Waals surface area contributed by atoms with Gasteiger partial charge in [-0.2, -0.15) is 0 Å². The molecular formula is C21H19FN4O2. The Hall–Kier alpha value is -3.48. The van der Waals surface area contributed by atoms with E-state index in [2.05, 4.69) is 4.98 Å². The molecular weight excluding hydrogens is 359 g/mol. The van der Waals surface area contributed by atoms with E-state index in [9.17, 15) is 14.0 Å². The first-order chi connectivity index (χ1) is 13.4. The van der Waals surface area contributed by atoms with Gasteiger partial charge in [0.15, 0.2) is 0 Å². The Bertz CT molecular complexity index is 1000. The molecule has 0 N–H and O–H groups in total. The summed E-state index contributed by atoms with van der Waals surface area (Å²) in [5, 5.41) is 1.57. The number of rotatable bonds is 2. The molecule has 0 bridgehead atoms. The lowest BCUT2D eigenvalue weighted by Crippen LogP contribution is -2.51. The Morgan fingerprint density at radius 2 is 1.43 bits per heavy atom. The van der Waals surface area contributed by atoms with Crippen molar-refractivity contribution in [3.63, 3.8) is 0 Å². The van der Waals surface area contributed by atoms with Crippen LogP contribution in [-0.2, 0) is 9.59 Å². The summed E-state index contributed by atoms with van der Waals surface area (Å²) in [5.74, 6) is -0.0612. The standard InChI is InChI=1S/C21H19FN4O2/c1-14(27)24-11-12-25(15(2)28)26-13-20(23-21(24)26)18-5-3-16(4-6-18)17-7-9-19(22)10-8-17/h3-10,13H,11-12H2,1-2H3. The van der Waals surface area contributed by atoms with Crippen LogP contribution in [0, 0.1) is 5.82 Å². The first-order valence-electron chi connectivity index (χ1n) is 8.96. The van der Waals surface area contributed by atoms with Gasteiger partial charge in [0.25, 0.3) is 0 Å². The normalized spacial score (nSPS) is 13.4. The molecule has 1 aromatic heterocycles. The van der Waals surface area contributed by atoms with E-state index in [1.165, 1.54) is 26.0 Å². The maximum absolute atomic E-state index is 13.1. The first-order valence-corrected chi connectivity index (χ1v) is 8.96. The number of carbonyl (C=O) groups is 2. The van der Waals surface area contributed by atoms with Crippen molar-refractivity contribution < 1.29 is 14.0 Å². The number of hydrogen-bond donors (Lipinski definition) is 0. The summed E-state index contributed by atoms with van der Waals surface area (Å²) in [6, 6.07) is 14.0. The van der Waals surface area contributed by atoms with Gasteiger partial charge >= 0.3 is 0 Å². The van der Waals surface area contributed by atoms with Crippen molar-refractivity contribution in [1.82, 2.24) is 9.66 Å². The minimum absolute atomic E-state index is 0.111. The second-order valence-electron chi connectivity index (χ2n) is 6.67. The SMILES string of the molecule is CC(=O)N1CCN(C(C)=O)n2cc(-c3ccc(-c4ccc(F)cc4)cc3)nc21. The molecule has 142 valence electrons. The van der Waals surface area contributed by atoms with E-state index in [0.29, 0.717) is 24.7 Å². The molecule has 28 heavy (non-hydrogen) atoms. The van der Waals surface area contributed by atoms with Gasteiger partial charge in [0.05, 0.1) is 18.4 Å². The summed E-state index contributed by atoms with van der Waals surface area (Å²) < 4.78 is 14.7. The van der Waals surface area contributed by atoms with Crippen LogP contribution in [0.2, 0.25) is 0 Å². The van der Waals surface area contributed by atoms with Crippen molar-refractivity contribution in [3.05, 3.63) is 60.5 Å². The van der Waals surface area contributed by atoms with Crippen LogP contribution < -0.4 is 9.91 Å². The zero-order chi connectivity index (χ0) is 19.8. The lowest BCUT2D eigenvalue weighted by atomic mass is 10.0. The molecule has 1 aliphatic heterocycles. The van der Waals surface area contributed by atoms with E-state index in [1.54, 1.807) is 32.9 Å². The van der Waals surface area contributed by atoms with Crippen LogP contribution >= 0.6 is 0 Å². The number of anilines is 1. The molecule has 2 aromatic carbocycles. The summed E-state index contributed by atoms with van der Waals surface area (Å²) >= 11 is 0. The Morgan fingerprint density at radius 3 is 2.00 bits per heavy atom. The predicted octanol–water partition coefficient (Wildman–Crippen LogP) is 3.21. The molecule has 0 fully saturated rings. The van der Waals surface area contributed by atoms with Crippen LogP contribution in [0.25, 0.3) is 22.4 Å². The van der Waals surface area contributed by atoms with Crippen LogP contribution in [0.4, 0.5) is 10.3 Å². The third-order valence-corrected chi connectivity index (χ3v) is 4.81. The molecule has 2 amide bonds. The van der Waals surface area contributed by atoms with Gasteiger partial charge < -0.3 is 0 Å². The molecule has 0 spiro atoms. The van der Waals surface area contributed by atoms with Gasteiger partial charge in [0.1, 0.15) is 5.82 Å². The van der Waals surface area contributed by atoms with Crippen molar-refractivity contribution in [3.8, 4) is 22.4 Å². The fraction of sp³-hybridized carbons (Fsp3) is 0.190. The molecule has 0 saturated carbocycles. The van der Waals surface area contributed by atoms with E-state index in [4.69, 9.17) is 0 Å². The van der Waals surface area contributed by atoms with Crippen LogP contribution in [0.3, 0.4) is 0 Å². The number of halogens is 1. The average molecular weight is 378 g/mol. The van der Waals surface area contributed by atoms with E-state index in [1.807, 2.05) is 24.3 Å². The van der Waals surface area contributed by atoms with Crippen LogP contribution in [0.1, 0.15) is 13.8 Å². The van der Waals surface area contributed by atoms with Crippen molar-refractivity contribution >= 4 is 17.8 Å². The third kappa shape index (κ3) is 3.15. The molecule has 1 aliphatic rings. The summed E-state index contributed by atoms with van der Waals surface area (Å²) in [5.41, 5.74) is 3.41. The van der Waals surface area contributed by atoms with E-state index >= 15 is 0 Å². The van der Waals surface area contributed by atoms with E-state index in [0.717, 1.165) is 16.7 Å². The Labute approximate surface area is 161 Å². The van der Waals surface area contributed by atoms with Gasteiger partial charge in [-0.15, -0.1) is 0 Å². The van der Waals surface area contributed by atoms with Gasteiger partial charge in [0, 0.05) is 26.0 Å². The van der Waals surface area contributed by atoms with Gasteiger partial charge in [-0.25, -0.2) is 19.1 Å². The summed E-state index contributed by atoms with van der Waals surface area (Å²) in [4.78, 5) is 30.1. The monoisotopic (exact) mass is 378 g/mol. The molecule has 7 heteroatoms. The highest BCUT2D eigenvalue weighted by Gasteiger charge is 2.29. The number of nitrogens with zero attached hydrogens (tertiary/aromatic N) is 4. The predicted molar refractivity (Wildman–Crippen MR) is 105 cm³/mol. The lowest BCUT2D eigenvalue weighted by molar-refractivity contribution is -0.119. The van der Waals surface area contributed by atoms with Crippen molar-refractivity contribution in [2.24, 2.45) is 0 Å². The second kappa shape index (κ2) is 6.92. The van der Waals surface area contributed by atoms with Crippen LogP contribution in [-0.4, -0.2) is 34.6 Å². The van der Waals surface area contributed by atoms with Crippen LogP contribution in [0.5, 0.6) is 0 Å². The van der Waals surface area contributed by atoms with Crippen molar-refractivity contribution in [2.75, 3.05) is 23.0 Å². The molecule has 0 unspecified atom stereocenters. The topological polar surface area (TPSA) is 58.4 Å². The molecule has 6 nitrogen and oxygen atoms in total. The molecule has 0 atom stereocenters. The Balaban J connectivity index is 1.70. The van der Waals surface area contributed by atoms with E-state index in [-0.39, 0.29) is 17.6 Å². The largest absolute Gasteiger partial charge is 0.279 e. The zero-order valence-corrected chi connectivity index (χ0v) is 15.6. The fourth-order valence-corrected chi connectivity index (χ4v) is 3.35.